The van der Waals surface area contributed by atoms with Crippen LogP contribution in [0, 0.1) is 11.3 Å². The van der Waals surface area contributed by atoms with Crippen LogP contribution < -0.4 is 0 Å². The van der Waals surface area contributed by atoms with Crippen molar-refractivity contribution in [3.63, 3.8) is 0 Å². The van der Waals surface area contributed by atoms with Crippen molar-refractivity contribution in [1.82, 2.24) is 0 Å². The standard InChI is InChI=1S/C11H17NO2/c1-2-6-10(13)14-11(9-12)7-4-3-5-8-11/h2-8H2,1H3. The van der Waals surface area contributed by atoms with Crippen LogP contribution >= 0.6 is 0 Å². The van der Waals surface area contributed by atoms with Gasteiger partial charge in [-0.25, -0.2) is 0 Å². The second-order valence-electron chi connectivity index (χ2n) is 3.89. The van der Waals surface area contributed by atoms with Crippen LogP contribution in [0.1, 0.15) is 51.9 Å². The van der Waals surface area contributed by atoms with E-state index >= 15 is 0 Å². The van der Waals surface area contributed by atoms with Gasteiger partial charge in [-0.2, -0.15) is 5.26 Å². The first-order chi connectivity index (χ1) is 6.72. The van der Waals surface area contributed by atoms with E-state index in [4.69, 9.17) is 10.00 Å². The fourth-order valence-electron chi connectivity index (χ4n) is 1.83. The van der Waals surface area contributed by atoms with E-state index < -0.39 is 5.60 Å². The van der Waals surface area contributed by atoms with Gasteiger partial charge >= 0.3 is 5.97 Å². The second-order valence-corrected chi connectivity index (χ2v) is 3.89. The molecule has 0 bridgehead atoms. The molecule has 0 saturated heterocycles. The first-order valence-electron chi connectivity index (χ1n) is 5.35. The van der Waals surface area contributed by atoms with E-state index in [-0.39, 0.29) is 5.97 Å². The molecule has 0 aliphatic heterocycles. The van der Waals surface area contributed by atoms with Gasteiger partial charge in [-0.3, -0.25) is 4.79 Å². The van der Waals surface area contributed by atoms with Crippen molar-refractivity contribution in [2.45, 2.75) is 57.5 Å². The minimum absolute atomic E-state index is 0.226. The fraction of sp³-hybridized carbons (Fsp3) is 0.818. The summed E-state index contributed by atoms with van der Waals surface area (Å²) in [5.74, 6) is -0.226. The molecule has 0 heterocycles. The molecule has 0 aromatic heterocycles. The third kappa shape index (κ3) is 2.73. The number of hydrogen-bond acceptors (Lipinski definition) is 3. The molecule has 1 saturated carbocycles. The summed E-state index contributed by atoms with van der Waals surface area (Å²) in [4.78, 5) is 11.3. The molecule has 0 N–H and O–H groups in total. The van der Waals surface area contributed by atoms with Crippen LogP contribution in [-0.2, 0) is 9.53 Å². The SMILES string of the molecule is CCCC(=O)OC1(C#N)CCCCC1. The number of nitrogens with zero attached hydrogens (tertiary/aromatic N) is 1. The normalized spacial score (nSPS) is 19.7. The molecule has 14 heavy (non-hydrogen) atoms. The summed E-state index contributed by atoms with van der Waals surface area (Å²) in [6, 6.07) is 2.16. The molecule has 0 atom stereocenters. The zero-order chi connectivity index (χ0) is 10.4. The minimum atomic E-state index is -0.801. The average molecular weight is 195 g/mol. The molecule has 3 heteroatoms. The van der Waals surface area contributed by atoms with Gasteiger partial charge in [0, 0.05) is 19.3 Å². The Balaban J connectivity index is 2.52. The monoisotopic (exact) mass is 195 g/mol. The Morgan fingerprint density at radius 3 is 2.57 bits per heavy atom. The Morgan fingerprint density at radius 2 is 2.07 bits per heavy atom. The van der Waals surface area contributed by atoms with Crippen molar-refractivity contribution in [2.75, 3.05) is 0 Å². The summed E-state index contributed by atoms with van der Waals surface area (Å²) in [5.41, 5.74) is -0.801. The Morgan fingerprint density at radius 1 is 1.43 bits per heavy atom. The average Bonchev–Trinajstić information content (AvgIpc) is 2.19. The molecule has 0 aromatic rings. The topological polar surface area (TPSA) is 50.1 Å². The van der Waals surface area contributed by atoms with Crippen LogP contribution in [0.15, 0.2) is 0 Å². The molecule has 1 rings (SSSR count). The number of ether oxygens (including phenoxy) is 1. The summed E-state index contributed by atoms with van der Waals surface area (Å²) >= 11 is 0. The minimum Gasteiger partial charge on any atom is -0.444 e. The molecule has 1 aliphatic rings. The Hall–Kier alpha value is -1.04. The zero-order valence-corrected chi connectivity index (χ0v) is 8.71. The lowest BCUT2D eigenvalue weighted by Gasteiger charge is -2.30. The first kappa shape index (κ1) is 11.0. The molecule has 3 nitrogen and oxygen atoms in total. The van der Waals surface area contributed by atoms with Gasteiger partial charge in [0.25, 0.3) is 0 Å². The summed E-state index contributed by atoms with van der Waals surface area (Å²) in [6.07, 6.45) is 5.75. The van der Waals surface area contributed by atoms with Crippen molar-refractivity contribution in [1.29, 1.82) is 5.26 Å². The predicted octanol–water partition coefficient (Wildman–Crippen LogP) is 2.56. The lowest BCUT2D eigenvalue weighted by atomic mass is 9.86. The smallest absolute Gasteiger partial charge is 0.307 e. The number of hydrogen-bond donors (Lipinski definition) is 0. The van der Waals surface area contributed by atoms with Gasteiger partial charge in [-0.1, -0.05) is 13.3 Å². The van der Waals surface area contributed by atoms with Gasteiger partial charge in [0.05, 0.1) is 0 Å². The second kappa shape index (κ2) is 4.99. The molecular formula is C11H17NO2. The number of nitriles is 1. The van der Waals surface area contributed by atoms with Crippen LogP contribution in [0.2, 0.25) is 0 Å². The van der Waals surface area contributed by atoms with Crippen LogP contribution in [-0.4, -0.2) is 11.6 Å². The summed E-state index contributed by atoms with van der Waals surface area (Å²) in [7, 11) is 0. The molecule has 78 valence electrons. The summed E-state index contributed by atoms with van der Waals surface area (Å²) in [5, 5.41) is 9.03. The third-order valence-electron chi connectivity index (χ3n) is 2.63. The van der Waals surface area contributed by atoms with Gasteiger partial charge in [-0.05, 0) is 19.3 Å². The highest BCUT2D eigenvalue weighted by atomic mass is 16.6. The Bertz CT molecular complexity index is 236. The van der Waals surface area contributed by atoms with Crippen LogP contribution in [0.4, 0.5) is 0 Å². The van der Waals surface area contributed by atoms with Gasteiger partial charge in [-0.15, -0.1) is 0 Å². The highest BCUT2D eigenvalue weighted by Crippen LogP contribution is 2.31. The molecular weight excluding hydrogens is 178 g/mol. The van der Waals surface area contributed by atoms with E-state index in [1.807, 2.05) is 6.92 Å². The van der Waals surface area contributed by atoms with E-state index in [0.29, 0.717) is 19.3 Å². The molecule has 0 radical (unpaired) electrons. The highest BCUT2D eigenvalue weighted by Gasteiger charge is 2.35. The quantitative estimate of drug-likeness (QED) is 0.650. The van der Waals surface area contributed by atoms with Crippen molar-refractivity contribution in [3.8, 4) is 6.07 Å². The molecule has 1 fully saturated rings. The van der Waals surface area contributed by atoms with Crippen LogP contribution in [0.25, 0.3) is 0 Å². The number of rotatable bonds is 3. The van der Waals surface area contributed by atoms with Crippen LogP contribution in [0.5, 0.6) is 0 Å². The van der Waals surface area contributed by atoms with Crippen molar-refractivity contribution >= 4 is 5.97 Å². The van der Waals surface area contributed by atoms with E-state index in [0.717, 1.165) is 25.7 Å². The number of carbonyl (C=O) groups excluding carboxylic acids is 1. The van der Waals surface area contributed by atoms with Crippen LogP contribution in [0.3, 0.4) is 0 Å². The first-order valence-corrected chi connectivity index (χ1v) is 5.35. The summed E-state index contributed by atoms with van der Waals surface area (Å²) in [6.45, 7) is 1.93. The molecule has 0 unspecified atom stereocenters. The van der Waals surface area contributed by atoms with E-state index in [1.54, 1.807) is 0 Å². The lowest BCUT2D eigenvalue weighted by Crippen LogP contribution is -2.35. The van der Waals surface area contributed by atoms with Crippen molar-refractivity contribution in [3.05, 3.63) is 0 Å². The Kier molecular flexibility index (Phi) is 3.94. The zero-order valence-electron chi connectivity index (χ0n) is 8.71. The van der Waals surface area contributed by atoms with Crippen molar-refractivity contribution < 1.29 is 9.53 Å². The van der Waals surface area contributed by atoms with E-state index in [9.17, 15) is 4.79 Å². The van der Waals surface area contributed by atoms with Gasteiger partial charge in [0.15, 0.2) is 5.60 Å². The molecule has 0 aromatic carbocycles. The molecule has 0 spiro atoms. The lowest BCUT2D eigenvalue weighted by molar-refractivity contribution is -0.156. The van der Waals surface area contributed by atoms with E-state index in [1.165, 1.54) is 0 Å². The maximum absolute atomic E-state index is 11.3. The van der Waals surface area contributed by atoms with E-state index in [2.05, 4.69) is 6.07 Å². The van der Waals surface area contributed by atoms with Gasteiger partial charge in [0.2, 0.25) is 0 Å². The Labute approximate surface area is 85.1 Å². The van der Waals surface area contributed by atoms with Crippen molar-refractivity contribution in [2.24, 2.45) is 0 Å². The third-order valence-corrected chi connectivity index (χ3v) is 2.63. The van der Waals surface area contributed by atoms with Gasteiger partial charge in [0.1, 0.15) is 6.07 Å². The molecule has 0 amide bonds. The molecule has 1 aliphatic carbocycles. The van der Waals surface area contributed by atoms with Gasteiger partial charge < -0.3 is 4.74 Å². The maximum atomic E-state index is 11.3. The maximum Gasteiger partial charge on any atom is 0.307 e. The fourth-order valence-corrected chi connectivity index (χ4v) is 1.83. The number of esters is 1. The predicted molar refractivity (Wildman–Crippen MR) is 52.4 cm³/mol. The largest absolute Gasteiger partial charge is 0.444 e. The highest BCUT2D eigenvalue weighted by molar-refractivity contribution is 5.70. The number of carbonyl (C=O) groups is 1. The summed E-state index contributed by atoms with van der Waals surface area (Å²) < 4.78 is 5.27.